The summed E-state index contributed by atoms with van der Waals surface area (Å²) in [4.78, 5) is 0. The van der Waals surface area contributed by atoms with Crippen LogP contribution in [0, 0.1) is 0 Å². The van der Waals surface area contributed by atoms with Crippen molar-refractivity contribution >= 4 is 0 Å². The van der Waals surface area contributed by atoms with Crippen LogP contribution < -0.4 is 0 Å². The summed E-state index contributed by atoms with van der Waals surface area (Å²) in [5, 5.41) is 10.3. The molecule has 196 valence electrons. The van der Waals surface area contributed by atoms with Crippen molar-refractivity contribution in [1.82, 2.24) is 0 Å². The van der Waals surface area contributed by atoms with E-state index >= 15 is 0 Å². The fourth-order valence-corrected chi connectivity index (χ4v) is 4.39. The highest BCUT2D eigenvalue weighted by Gasteiger charge is 2.49. The molecule has 2 aliphatic rings. The smallest absolute Gasteiger partial charge is 0.187 e. The van der Waals surface area contributed by atoms with Gasteiger partial charge in [-0.3, -0.25) is 0 Å². The number of aliphatic hydroxyl groups is 1. The standard InChI is InChI=1S/C30H34O7/c31-16-26-27(33-17-22-10-4-1-5-11-22)28(34-18-23-12-6-2-7-13-23)29(30(37-26)36-21-25-20-32-25)35-19-24-14-8-3-9-15-24/h1-15,25-31H,16-21H2/t25-,26-,27-,28+,29-,30+/m1/s1. The van der Waals surface area contributed by atoms with Crippen molar-refractivity contribution in [3.8, 4) is 0 Å². The maximum absolute atomic E-state index is 10.3. The lowest BCUT2D eigenvalue weighted by atomic mass is 9.98. The Labute approximate surface area is 217 Å². The molecule has 0 amide bonds. The number of hydrogen-bond donors (Lipinski definition) is 1. The van der Waals surface area contributed by atoms with Crippen molar-refractivity contribution in [2.75, 3.05) is 19.8 Å². The van der Waals surface area contributed by atoms with E-state index in [4.69, 9.17) is 28.4 Å². The SMILES string of the molecule is OC[C@H]1O[C@H](OC[C@H]2CO2)[C@H](OCc2ccccc2)[C@@H](OCc2ccccc2)[C@@H]1OCc1ccccc1. The predicted octanol–water partition coefficient (Wildman–Crippen LogP) is 3.88. The topological polar surface area (TPSA) is 78.9 Å². The van der Waals surface area contributed by atoms with Crippen LogP contribution in [0.15, 0.2) is 91.0 Å². The van der Waals surface area contributed by atoms with Crippen LogP contribution in [-0.4, -0.2) is 61.7 Å². The molecule has 7 nitrogen and oxygen atoms in total. The van der Waals surface area contributed by atoms with Gasteiger partial charge in [-0.05, 0) is 16.7 Å². The highest BCUT2D eigenvalue weighted by molar-refractivity contribution is 5.15. The Kier molecular flexibility index (Phi) is 9.32. The number of benzene rings is 3. The van der Waals surface area contributed by atoms with Crippen molar-refractivity contribution in [3.63, 3.8) is 0 Å². The molecule has 3 aromatic rings. The van der Waals surface area contributed by atoms with Crippen molar-refractivity contribution in [2.24, 2.45) is 0 Å². The first-order chi connectivity index (χ1) is 18.3. The average Bonchev–Trinajstić information content (AvgIpc) is 3.79. The van der Waals surface area contributed by atoms with Crippen LogP contribution in [-0.2, 0) is 48.2 Å². The van der Waals surface area contributed by atoms with Gasteiger partial charge in [-0.15, -0.1) is 0 Å². The third-order valence-electron chi connectivity index (χ3n) is 6.48. The van der Waals surface area contributed by atoms with Gasteiger partial charge in [-0.25, -0.2) is 0 Å². The molecular formula is C30H34O7. The van der Waals surface area contributed by atoms with E-state index in [1.807, 2.05) is 91.0 Å². The number of aliphatic hydroxyl groups excluding tert-OH is 1. The Hall–Kier alpha value is -2.62. The second-order valence-electron chi connectivity index (χ2n) is 9.30. The van der Waals surface area contributed by atoms with Crippen LogP contribution in [0.2, 0.25) is 0 Å². The van der Waals surface area contributed by atoms with Gasteiger partial charge in [-0.2, -0.15) is 0 Å². The normalized spacial score (nSPS) is 27.2. The molecule has 0 aromatic heterocycles. The van der Waals surface area contributed by atoms with Crippen molar-refractivity contribution in [1.29, 1.82) is 0 Å². The quantitative estimate of drug-likeness (QED) is 0.353. The fraction of sp³-hybridized carbons (Fsp3) is 0.400. The molecule has 0 unspecified atom stereocenters. The zero-order chi connectivity index (χ0) is 25.3. The average molecular weight is 507 g/mol. The first-order valence-corrected chi connectivity index (χ1v) is 12.8. The van der Waals surface area contributed by atoms with E-state index in [-0.39, 0.29) is 12.7 Å². The molecule has 0 aliphatic carbocycles. The van der Waals surface area contributed by atoms with Gasteiger partial charge in [0.1, 0.15) is 30.5 Å². The Morgan fingerprint density at radius 3 is 1.54 bits per heavy atom. The minimum absolute atomic E-state index is 0.0571. The molecule has 0 spiro atoms. The molecule has 5 rings (SSSR count). The Morgan fingerprint density at radius 2 is 1.08 bits per heavy atom. The van der Waals surface area contributed by atoms with Crippen LogP contribution in [0.5, 0.6) is 0 Å². The van der Waals surface area contributed by atoms with Crippen molar-refractivity contribution in [2.45, 2.75) is 56.6 Å². The number of hydrogen-bond acceptors (Lipinski definition) is 7. The van der Waals surface area contributed by atoms with E-state index in [2.05, 4.69) is 0 Å². The molecule has 2 heterocycles. The van der Waals surface area contributed by atoms with Crippen LogP contribution >= 0.6 is 0 Å². The molecule has 0 saturated carbocycles. The Morgan fingerprint density at radius 1 is 0.622 bits per heavy atom. The predicted molar refractivity (Wildman–Crippen MR) is 136 cm³/mol. The summed E-state index contributed by atoms with van der Waals surface area (Å²) in [6.07, 6.45) is -3.06. The van der Waals surface area contributed by atoms with Gasteiger partial charge in [0.15, 0.2) is 6.29 Å². The van der Waals surface area contributed by atoms with Crippen LogP contribution in [0.4, 0.5) is 0 Å². The third-order valence-corrected chi connectivity index (χ3v) is 6.48. The van der Waals surface area contributed by atoms with E-state index in [9.17, 15) is 5.11 Å². The molecule has 7 heteroatoms. The molecule has 1 N–H and O–H groups in total. The van der Waals surface area contributed by atoms with Crippen LogP contribution in [0.3, 0.4) is 0 Å². The number of rotatable bonds is 13. The molecular weight excluding hydrogens is 472 g/mol. The highest BCUT2D eigenvalue weighted by atomic mass is 16.7. The largest absolute Gasteiger partial charge is 0.394 e. The summed E-state index contributed by atoms with van der Waals surface area (Å²) in [7, 11) is 0. The molecule has 0 radical (unpaired) electrons. The fourth-order valence-electron chi connectivity index (χ4n) is 4.39. The first-order valence-electron chi connectivity index (χ1n) is 12.8. The van der Waals surface area contributed by atoms with Gasteiger partial charge in [0.05, 0.1) is 39.6 Å². The molecule has 2 fully saturated rings. The first kappa shape index (κ1) is 26.0. The molecule has 0 bridgehead atoms. The molecule has 2 aliphatic heterocycles. The van der Waals surface area contributed by atoms with Crippen LogP contribution in [0.1, 0.15) is 16.7 Å². The van der Waals surface area contributed by atoms with E-state index in [0.717, 1.165) is 16.7 Å². The zero-order valence-electron chi connectivity index (χ0n) is 20.8. The molecule has 37 heavy (non-hydrogen) atoms. The van der Waals surface area contributed by atoms with Gasteiger partial charge < -0.3 is 33.5 Å². The zero-order valence-corrected chi connectivity index (χ0v) is 20.8. The van der Waals surface area contributed by atoms with Gasteiger partial charge in [0.25, 0.3) is 0 Å². The van der Waals surface area contributed by atoms with Gasteiger partial charge in [0.2, 0.25) is 0 Å². The summed E-state index contributed by atoms with van der Waals surface area (Å²) in [6, 6.07) is 29.8. The minimum Gasteiger partial charge on any atom is -0.394 e. The van der Waals surface area contributed by atoms with Gasteiger partial charge in [-0.1, -0.05) is 91.0 Å². The Balaban J connectivity index is 1.38. The van der Waals surface area contributed by atoms with E-state index in [1.54, 1.807) is 0 Å². The molecule has 3 aromatic carbocycles. The summed E-state index contributed by atoms with van der Waals surface area (Å²) in [5.41, 5.74) is 3.08. The summed E-state index contributed by atoms with van der Waals surface area (Å²) in [5.74, 6) is 0. The van der Waals surface area contributed by atoms with Gasteiger partial charge >= 0.3 is 0 Å². The lowest BCUT2D eigenvalue weighted by molar-refractivity contribution is -0.327. The monoisotopic (exact) mass is 506 g/mol. The second-order valence-corrected chi connectivity index (χ2v) is 9.30. The van der Waals surface area contributed by atoms with Crippen LogP contribution in [0.25, 0.3) is 0 Å². The van der Waals surface area contributed by atoms with E-state index in [1.165, 1.54) is 0 Å². The third kappa shape index (κ3) is 7.46. The van der Waals surface area contributed by atoms with Crippen molar-refractivity contribution < 1.29 is 33.5 Å². The minimum atomic E-state index is -0.748. The summed E-state index contributed by atoms with van der Waals surface area (Å²) < 4.78 is 37.0. The second kappa shape index (κ2) is 13.3. The van der Waals surface area contributed by atoms with E-state index < -0.39 is 30.7 Å². The summed E-state index contributed by atoms with van der Waals surface area (Å²) >= 11 is 0. The lowest BCUT2D eigenvalue weighted by Crippen LogP contribution is -2.61. The number of ether oxygens (including phenoxy) is 6. The van der Waals surface area contributed by atoms with Gasteiger partial charge in [0, 0.05) is 0 Å². The van der Waals surface area contributed by atoms with Crippen molar-refractivity contribution in [3.05, 3.63) is 108 Å². The summed E-state index contributed by atoms with van der Waals surface area (Å²) in [6.45, 7) is 1.88. The lowest BCUT2D eigenvalue weighted by Gasteiger charge is -2.45. The molecule has 2 saturated heterocycles. The Bertz CT molecular complexity index is 1050. The van der Waals surface area contributed by atoms with E-state index in [0.29, 0.717) is 33.0 Å². The maximum Gasteiger partial charge on any atom is 0.187 e. The highest BCUT2D eigenvalue weighted by Crippen LogP contribution is 2.31. The maximum atomic E-state index is 10.3. The number of epoxide rings is 1. The molecule has 6 atom stereocenters.